The molecule has 0 bridgehead atoms. The van der Waals surface area contributed by atoms with Gasteiger partial charge in [-0.15, -0.1) is 0 Å². The van der Waals surface area contributed by atoms with Gasteiger partial charge in [0.2, 0.25) is 0 Å². The topological polar surface area (TPSA) is 55.1 Å². The van der Waals surface area contributed by atoms with Gasteiger partial charge in [0.15, 0.2) is 0 Å². The molecule has 1 aromatic rings. The van der Waals surface area contributed by atoms with Gasteiger partial charge >= 0.3 is 6.03 Å². The molecule has 0 spiro atoms. The number of aryl methyl sites for hydroxylation is 1. The number of benzene rings is 1. The zero-order chi connectivity index (χ0) is 9.14. The van der Waals surface area contributed by atoms with E-state index in [9.17, 15) is 9.18 Å². The van der Waals surface area contributed by atoms with Gasteiger partial charge in [0.1, 0.15) is 5.82 Å². The fourth-order valence-corrected chi connectivity index (χ4v) is 0.900. The molecule has 0 atom stereocenters. The second-order valence-corrected chi connectivity index (χ2v) is 2.45. The summed E-state index contributed by atoms with van der Waals surface area (Å²) in [6.45, 7) is 1.69. The fourth-order valence-electron chi connectivity index (χ4n) is 0.900. The molecule has 3 N–H and O–H groups in total. The monoisotopic (exact) mass is 168 g/mol. The van der Waals surface area contributed by atoms with Crippen molar-refractivity contribution in [2.75, 3.05) is 5.32 Å². The first kappa shape index (κ1) is 8.52. The number of amides is 2. The van der Waals surface area contributed by atoms with Crippen LogP contribution in [-0.4, -0.2) is 6.03 Å². The third-order valence-corrected chi connectivity index (χ3v) is 1.45. The summed E-state index contributed by atoms with van der Waals surface area (Å²) in [4.78, 5) is 10.4. The number of carbonyl (C=O) groups is 1. The molecule has 1 rings (SSSR count). The largest absolute Gasteiger partial charge is 0.351 e. The number of rotatable bonds is 1. The average molecular weight is 168 g/mol. The molecule has 12 heavy (non-hydrogen) atoms. The molecule has 0 saturated heterocycles. The predicted molar refractivity (Wildman–Crippen MR) is 44.3 cm³/mol. The van der Waals surface area contributed by atoms with E-state index in [1.165, 1.54) is 18.2 Å². The summed E-state index contributed by atoms with van der Waals surface area (Å²) in [6, 6.07) is 3.41. The van der Waals surface area contributed by atoms with Gasteiger partial charge in [0, 0.05) is 5.69 Å². The van der Waals surface area contributed by atoms with Crippen LogP contribution in [0.1, 0.15) is 5.56 Å². The number of nitrogens with two attached hydrogens (primary N) is 1. The molecule has 3 nitrogen and oxygen atoms in total. The molecule has 0 fully saturated rings. The number of halogens is 1. The standard InChI is InChI=1S/C8H9FN2O/c1-5-4-6(9)2-3-7(5)11-8(10)12/h2-4H,1H3,(H3,10,11,12). The summed E-state index contributed by atoms with van der Waals surface area (Å²) in [5, 5.41) is 2.37. The van der Waals surface area contributed by atoms with Crippen molar-refractivity contribution in [1.82, 2.24) is 0 Å². The summed E-state index contributed by atoms with van der Waals surface area (Å²) in [5.74, 6) is -0.331. The van der Waals surface area contributed by atoms with Gasteiger partial charge in [0.05, 0.1) is 0 Å². The van der Waals surface area contributed by atoms with Crippen molar-refractivity contribution < 1.29 is 9.18 Å². The van der Waals surface area contributed by atoms with Crippen LogP contribution in [0.4, 0.5) is 14.9 Å². The quantitative estimate of drug-likeness (QED) is 0.657. The number of hydrogen-bond acceptors (Lipinski definition) is 1. The third kappa shape index (κ3) is 1.95. The Hall–Kier alpha value is -1.58. The zero-order valence-corrected chi connectivity index (χ0v) is 6.60. The lowest BCUT2D eigenvalue weighted by molar-refractivity contribution is 0.259. The van der Waals surface area contributed by atoms with Crippen molar-refractivity contribution in [3.63, 3.8) is 0 Å². The Morgan fingerprint density at radius 1 is 1.58 bits per heavy atom. The molecule has 0 aliphatic rings. The lowest BCUT2D eigenvalue weighted by Gasteiger charge is -2.04. The summed E-state index contributed by atoms with van der Waals surface area (Å²) in [5.41, 5.74) is 6.07. The maximum absolute atomic E-state index is 12.5. The number of carbonyl (C=O) groups excluding carboxylic acids is 1. The number of anilines is 1. The Morgan fingerprint density at radius 2 is 2.25 bits per heavy atom. The van der Waals surface area contributed by atoms with Crippen LogP contribution in [0.15, 0.2) is 18.2 Å². The Labute approximate surface area is 69.4 Å². The van der Waals surface area contributed by atoms with Crippen LogP contribution in [0.3, 0.4) is 0 Å². The molecule has 0 saturated carbocycles. The Kier molecular flexibility index (Phi) is 2.28. The molecular formula is C8H9FN2O. The highest BCUT2D eigenvalue weighted by Gasteiger charge is 2.00. The maximum Gasteiger partial charge on any atom is 0.316 e. The second kappa shape index (κ2) is 3.21. The van der Waals surface area contributed by atoms with Gasteiger partial charge < -0.3 is 11.1 Å². The van der Waals surface area contributed by atoms with E-state index in [-0.39, 0.29) is 5.82 Å². The zero-order valence-electron chi connectivity index (χ0n) is 6.60. The van der Waals surface area contributed by atoms with Crippen LogP contribution < -0.4 is 11.1 Å². The van der Waals surface area contributed by atoms with Crippen LogP contribution in [0.25, 0.3) is 0 Å². The van der Waals surface area contributed by atoms with E-state index in [0.717, 1.165) is 0 Å². The molecule has 64 valence electrons. The minimum atomic E-state index is -0.648. The second-order valence-electron chi connectivity index (χ2n) is 2.45. The molecule has 1 aromatic carbocycles. The number of primary amides is 1. The van der Waals surface area contributed by atoms with Crippen LogP contribution in [0, 0.1) is 12.7 Å². The predicted octanol–water partition coefficient (Wildman–Crippen LogP) is 1.62. The Bertz CT molecular complexity index is 312. The van der Waals surface area contributed by atoms with Crippen LogP contribution in [-0.2, 0) is 0 Å². The smallest absolute Gasteiger partial charge is 0.316 e. The molecule has 4 heteroatoms. The third-order valence-electron chi connectivity index (χ3n) is 1.45. The number of hydrogen-bond donors (Lipinski definition) is 2. The molecule has 0 heterocycles. The van der Waals surface area contributed by atoms with Crippen molar-refractivity contribution >= 4 is 11.7 Å². The van der Waals surface area contributed by atoms with E-state index in [1.54, 1.807) is 6.92 Å². The highest BCUT2D eigenvalue weighted by atomic mass is 19.1. The SMILES string of the molecule is Cc1cc(F)ccc1NC(N)=O. The van der Waals surface area contributed by atoms with Crippen molar-refractivity contribution in [3.8, 4) is 0 Å². The average Bonchev–Trinajstić information content (AvgIpc) is 1.94. The first-order valence-corrected chi connectivity index (χ1v) is 3.42. The van der Waals surface area contributed by atoms with E-state index < -0.39 is 6.03 Å². The maximum atomic E-state index is 12.5. The molecule has 0 aromatic heterocycles. The van der Waals surface area contributed by atoms with E-state index in [4.69, 9.17) is 5.73 Å². The Morgan fingerprint density at radius 3 is 2.75 bits per heavy atom. The van der Waals surface area contributed by atoms with E-state index >= 15 is 0 Å². The van der Waals surface area contributed by atoms with Crippen molar-refractivity contribution in [1.29, 1.82) is 0 Å². The van der Waals surface area contributed by atoms with Gasteiger partial charge in [-0.25, -0.2) is 9.18 Å². The fraction of sp³-hybridized carbons (Fsp3) is 0.125. The highest BCUT2D eigenvalue weighted by molar-refractivity contribution is 5.88. The molecule has 0 radical (unpaired) electrons. The van der Waals surface area contributed by atoms with Crippen molar-refractivity contribution in [3.05, 3.63) is 29.6 Å². The number of urea groups is 1. The first-order chi connectivity index (χ1) is 5.59. The molecule has 0 aliphatic carbocycles. The van der Waals surface area contributed by atoms with Crippen molar-refractivity contribution in [2.45, 2.75) is 6.92 Å². The molecular weight excluding hydrogens is 159 g/mol. The van der Waals surface area contributed by atoms with Crippen LogP contribution >= 0.6 is 0 Å². The normalized spacial score (nSPS) is 9.50. The van der Waals surface area contributed by atoms with Crippen molar-refractivity contribution in [2.24, 2.45) is 5.73 Å². The van der Waals surface area contributed by atoms with Crippen LogP contribution in [0.5, 0.6) is 0 Å². The van der Waals surface area contributed by atoms with Gasteiger partial charge in [0.25, 0.3) is 0 Å². The van der Waals surface area contributed by atoms with E-state index in [1.807, 2.05) is 0 Å². The lowest BCUT2D eigenvalue weighted by atomic mass is 10.2. The van der Waals surface area contributed by atoms with Gasteiger partial charge in [-0.1, -0.05) is 0 Å². The van der Waals surface area contributed by atoms with E-state index in [2.05, 4.69) is 5.32 Å². The summed E-state index contributed by atoms with van der Waals surface area (Å²) >= 11 is 0. The highest BCUT2D eigenvalue weighted by Crippen LogP contribution is 2.14. The van der Waals surface area contributed by atoms with Gasteiger partial charge in [-0.05, 0) is 30.7 Å². The van der Waals surface area contributed by atoms with Crippen LogP contribution in [0.2, 0.25) is 0 Å². The molecule has 0 aliphatic heterocycles. The minimum absolute atomic E-state index is 0.331. The molecule has 2 amide bonds. The summed E-state index contributed by atoms with van der Waals surface area (Å²) in [6.07, 6.45) is 0. The van der Waals surface area contributed by atoms with Gasteiger partial charge in [-0.2, -0.15) is 0 Å². The Balaban J connectivity index is 2.93. The van der Waals surface area contributed by atoms with E-state index in [0.29, 0.717) is 11.3 Å². The first-order valence-electron chi connectivity index (χ1n) is 3.42. The van der Waals surface area contributed by atoms with Gasteiger partial charge in [-0.3, -0.25) is 0 Å². The summed E-state index contributed by atoms with van der Waals surface area (Å²) < 4.78 is 12.5. The summed E-state index contributed by atoms with van der Waals surface area (Å²) in [7, 11) is 0. The number of nitrogens with one attached hydrogen (secondary N) is 1. The minimum Gasteiger partial charge on any atom is -0.351 e. The molecule has 0 unspecified atom stereocenters. The lowest BCUT2D eigenvalue weighted by Crippen LogP contribution is -2.19.